The number of imide groups is 1. The Bertz CT molecular complexity index is 896. The molecular weight excluding hydrogens is 354 g/mol. The topological polar surface area (TPSA) is 69.7 Å². The van der Waals surface area contributed by atoms with Crippen LogP contribution in [0.3, 0.4) is 0 Å². The number of rotatable bonds is 6. The Hall–Kier alpha value is -3.15. The first kappa shape index (κ1) is 18.2. The number of amides is 4. The van der Waals surface area contributed by atoms with Crippen LogP contribution in [0.5, 0.6) is 0 Å². The summed E-state index contributed by atoms with van der Waals surface area (Å²) in [4.78, 5) is 41.4. The van der Waals surface area contributed by atoms with Crippen LogP contribution in [0.4, 0.5) is 4.79 Å². The van der Waals surface area contributed by atoms with Crippen molar-refractivity contribution in [2.75, 3.05) is 13.6 Å². The monoisotopic (exact) mass is 377 g/mol. The molecule has 1 N–H and O–H groups in total. The summed E-state index contributed by atoms with van der Waals surface area (Å²) in [6.45, 7) is -0.235. The fraction of sp³-hybridized carbons (Fsp3) is 0.318. The molecule has 6 heteroatoms. The van der Waals surface area contributed by atoms with Crippen LogP contribution in [0.25, 0.3) is 0 Å². The van der Waals surface area contributed by atoms with Crippen LogP contribution in [0.2, 0.25) is 0 Å². The number of benzene rings is 2. The van der Waals surface area contributed by atoms with Crippen LogP contribution in [-0.2, 0) is 21.5 Å². The first-order valence-electron chi connectivity index (χ1n) is 9.50. The van der Waals surface area contributed by atoms with Crippen LogP contribution < -0.4 is 5.32 Å². The summed E-state index contributed by atoms with van der Waals surface area (Å²) in [5.74, 6) is -0.598. The van der Waals surface area contributed by atoms with Gasteiger partial charge >= 0.3 is 6.03 Å². The number of nitrogens with zero attached hydrogens (tertiary/aromatic N) is 2. The molecule has 2 aliphatic rings. The van der Waals surface area contributed by atoms with E-state index in [1.54, 1.807) is 11.9 Å². The molecule has 2 aromatic carbocycles. The molecule has 2 fully saturated rings. The SMILES string of the molecule is CN(C(=O)CN1C(=O)NC(Cc2ccccc2)(c2ccccc2)C1=O)C1CC1. The van der Waals surface area contributed by atoms with Gasteiger partial charge in [-0.15, -0.1) is 0 Å². The summed E-state index contributed by atoms with van der Waals surface area (Å²) in [6, 6.07) is 18.5. The summed E-state index contributed by atoms with van der Waals surface area (Å²) in [6.07, 6.45) is 2.28. The highest BCUT2D eigenvalue weighted by Crippen LogP contribution is 2.33. The van der Waals surface area contributed by atoms with Gasteiger partial charge in [-0.1, -0.05) is 60.7 Å². The van der Waals surface area contributed by atoms with Gasteiger partial charge in [0.25, 0.3) is 5.91 Å². The second-order valence-corrected chi connectivity index (χ2v) is 7.49. The van der Waals surface area contributed by atoms with E-state index in [1.165, 1.54) is 0 Å². The van der Waals surface area contributed by atoms with Gasteiger partial charge in [-0.3, -0.25) is 14.5 Å². The van der Waals surface area contributed by atoms with Gasteiger partial charge in [0.05, 0.1) is 0 Å². The zero-order chi connectivity index (χ0) is 19.7. The molecule has 28 heavy (non-hydrogen) atoms. The molecule has 1 aliphatic heterocycles. The van der Waals surface area contributed by atoms with Crippen molar-refractivity contribution in [1.29, 1.82) is 0 Å². The number of likely N-dealkylation sites (N-methyl/N-ethyl adjacent to an activating group) is 1. The fourth-order valence-corrected chi connectivity index (χ4v) is 3.72. The molecular formula is C22H23N3O3. The summed E-state index contributed by atoms with van der Waals surface area (Å²) in [5.41, 5.74) is 0.434. The number of nitrogens with one attached hydrogen (secondary N) is 1. The van der Waals surface area contributed by atoms with Gasteiger partial charge in [0.15, 0.2) is 5.54 Å². The van der Waals surface area contributed by atoms with Crippen molar-refractivity contribution in [2.45, 2.75) is 30.8 Å². The van der Waals surface area contributed by atoms with Crippen molar-refractivity contribution in [3.8, 4) is 0 Å². The van der Waals surface area contributed by atoms with Crippen LogP contribution in [0, 0.1) is 0 Å². The van der Waals surface area contributed by atoms with Gasteiger partial charge in [0, 0.05) is 19.5 Å². The maximum atomic E-state index is 13.5. The third kappa shape index (κ3) is 3.26. The van der Waals surface area contributed by atoms with Crippen LogP contribution in [0.15, 0.2) is 60.7 Å². The van der Waals surface area contributed by atoms with Crippen molar-refractivity contribution < 1.29 is 14.4 Å². The van der Waals surface area contributed by atoms with Crippen LogP contribution in [-0.4, -0.2) is 47.3 Å². The minimum atomic E-state index is -1.21. The number of urea groups is 1. The van der Waals surface area contributed by atoms with Crippen molar-refractivity contribution in [2.24, 2.45) is 0 Å². The van der Waals surface area contributed by atoms with Gasteiger partial charge in [-0.25, -0.2) is 4.79 Å². The van der Waals surface area contributed by atoms with Crippen molar-refractivity contribution in [3.63, 3.8) is 0 Å². The summed E-state index contributed by atoms with van der Waals surface area (Å²) in [7, 11) is 1.73. The van der Waals surface area contributed by atoms with E-state index in [1.807, 2.05) is 60.7 Å². The van der Waals surface area contributed by atoms with E-state index >= 15 is 0 Å². The molecule has 144 valence electrons. The number of hydrogen-bond donors (Lipinski definition) is 1. The van der Waals surface area contributed by atoms with E-state index in [0.717, 1.165) is 23.3 Å². The normalized spacial score (nSPS) is 21.5. The highest BCUT2D eigenvalue weighted by Gasteiger charge is 2.53. The van der Waals surface area contributed by atoms with E-state index in [-0.39, 0.29) is 24.4 Å². The minimum Gasteiger partial charge on any atom is -0.341 e. The third-order valence-corrected chi connectivity index (χ3v) is 5.54. The lowest BCUT2D eigenvalue weighted by Gasteiger charge is -2.28. The molecule has 4 amide bonds. The second kappa shape index (κ2) is 7.11. The molecule has 1 atom stereocenters. The zero-order valence-electron chi connectivity index (χ0n) is 15.8. The molecule has 0 spiro atoms. The Morgan fingerprint density at radius 1 is 1.07 bits per heavy atom. The molecule has 1 saturated carbocycles. The minimum absolute atomic E-state index is 0.213. The highest BCUT2D eigenvalue weighted by atomic mass is 16.2. The largest absolute Gasteiger partial charge is 0.341 e. The molecule has 1 saturated heterocycles. The van der Waals surface area contributed by atoms with Gasteiger partial charge in [0.2, 0.25) is 5.91 Å². The molecule has 1 heterocycles. The molecule has 4 rings (SSSR count). The maximum Gasteiger partial charge on any atom is 0.325 e. The second-order valence-electron chi connectivity index (χ2n) is 7.49. The van der Waals surface area contributed by atoms with E-state index in [4.69, 9.17) is 0 Å². The molecule has 6 nitrogen and oxygen atoms in total. The first-order valence-corrected chi connectivity index (χ1v) is 9.50. The average molecular weight is 377 g/mol. The predicted molar refractivity (Wildman–Crippen MR) is 104 cm³/mol. The maximum absolute atomic E-state index is 13.5. The fourth-order valence-electron chi connectivity index (χ4n) is 3.72. The quantitative estimate of drug-likeness (QED) is 0.786. The zero-order valence-corrected chi connectivity index (χ0v) is 15.8. The van der Waals surface area contributed by atoms with Gasteiger partial charge < -0.3 is 10.2 Å². The van der Waals surface area contributed by atoms with Crippen molar-refractivity contribution >= 4 is 17.8 Å². The van der Waals surface area contributed by atoms with Crippen LogP contribution in [0.1, 0.15) is 24.0 Å². The molecule has 0 radical (unpaired) electrons. The number of carbonyl (C=O) groups excluding carboxylic acids is 3. The van der Waals surface area contributed by atoms with E-state index in [0.29, 0.717) is 12.0 Å². The van der Waals surface area contributed by atoms with E-state index in [2.05, 4.69) is 5.32 Å². The van der Waals surface area contributed by atoms with Gasteiger partial charge in [-0.2, -0.15) is 0 Å². The molecule has 1 unspecified atom stereocenters. The lowest BCUT2D eigenvalue weighted by Crippen LogP contribution is -2.47. The summed E-state index contributed by atoms with van der Waals surface area (Å²) in [5, 5.41) is 2.89. The van der Waals surface area contributed by atoms with E-state index < -0.39 is 11.6 Å². The lowest BCUT2D eigenvalue weighted by atomic mass is 9.83. The van der Waals surface area contributed by atoms with Crippen LogP contribution >= 0.6 is 0 Å². The van der Waals surface area contributed by atoms with E-state index in [9.17, 15) is 14.4 Å². The average Bonchev–Trinajstić information content (AvgIpc) is 3.53. The highest BCUT2D eigenvalue weighted by molar-refractivity contribution is 6.09. The van der Waals surface area contributed by atoms with Crippen molar-refractivity contribution in [1.82, 2.24) is 15.1 Å². The van der Waals surface area contributed by atoms with Gasteiger partial charge in [0.1, 0.15) is 6.54 Å². The lowest BCUT2D eigenvalue weighted by molar-refractivity contribution is -0.138. The smallest absolute Gasteiger partial charge is 0.325 e. The predicted octanol–water partition coefficient (Wildman–Crippen LogP) is 2.30. The standard InChI is InChI=1S/C22H23N3O3/c1-24(18-12-13-18)19(26)15-25-20(27)22(23-21(25)28,17-10-6-3-7-11-17)14-16-8-4-2-5-9-16/h2-11,18H,12-15H2,1H3,(H,23,28). The van der Waals surface area contributed by atoms with Crippen molar-refractivity contribution in [3.05, 3.63) is 71.8 Å². The molecule has 1 aliphatic carbocycles. The third-order valence-electron chi connectivity index (χ3n) is 5.54. The molecule has 0 aromatic heterocycles. The summed E-state index contributed by atoms with van der Waals surface area (Å²) < 4.78 is 0. The van der Waals surface area contributed by atoms with Gasteiger partial charge in [-0.05, 0) is 24.0 Å². The summed E-state index contributed by atoms with van der Waals surface area (Å²) >= 11 is 0. The number of carbonyl (C=O) groups is 3. The molecule has 0 bridgehead atoms. The Kier molecular flexibility index (Phi) is 4.63. The Morgan fingerprint density at radius 3 is 2.29 bits per heavy atom. The Balaban J connectivity index is 1.65. The Morgan fingerprint density at radius 2 is 1.68 bits per heavy atom. The first-order chi connectivity index (χ1) is 13.5. The molecule has 2 aromatic rings. The Labute approximate surface area is 164 Å². The number of hydrogen-bond acceptors (Lipinski definition) is 3.